The molecule has 0 spiro atoms. The predicted molar refractivity (Wildman–Crippen MR) is 99.5 cm³/mol. The fraction of sp³-hybridized carbons (Fsp3) is 0.167. The second kappa shape index (κ2) is 6.62. The van der Waals surface area contributed by atoms with E-state index in [-0.39, 0.29) is 0 Å². The molecule has 0 saturated carbocycles. The monoisotopic (exact) mass is 351 g/mol. The quantitative estimate of drug-likeness (QED) is 0.577. The van der Waals surface area contributed by atoms with E-state index in [1.165, 1.54) is 0 Å². The predicted octanol–water partition coefficient (Wildman–Crippen LogP) is 3.24. The van der Waals surface area contributed by atoms with Crippen LogP contribution in [0.2, 0.25) is 0 Å². The molecule has 1 unspecified atom stereocenters. The Hall–Kier alpha value is -2.77. The molecule has 4 rings (SSSR count). The zero-order valence-corrected chi connectivity index (χ0v) is 14.4. The highest BCUT2D eigenvalue weighted by Gasteiger charge is 2.13. The first-order valence-corrected chi connectivity index (χ1v) is 8.73. The Morgan fingerprint density at radius 3 is 2.84 bits per heavy atom. The zero-order valence-electron chi connectivity index (χ0n) is 13.6. The Labute approximate surface area is 148 Å². The Bertz CT molecular complexity index is 995. The summed E-state index contributed by atoms with van der Waals surface area (Å²) in [5.74, 6) is 0.728. The minimum Gasteiger partial charge on any atom is -0.386 e. The number of rotatable bonds is 5. The lowest BCUT2D eigenvalue weighted by molar-refractivity contribution is 0.191. The van der Waals surface area contributed by atoms with Gasteiger partial charge in [-0.2, -0.15) is 5.10 Å². The molecule has 3 aromatic heterocycles. The van der Waals surface area contributed by atoms with Crippen molar-refractivity contribution in [2.45, 2.75) is 6.10 Å². The lowest BCUT2D eigenvalue weighted by atomic mass is 10.2. The Kier molecular flexibility index (Phi) is 4.17. The zero-order chi connectivity index (χ0) is 17.2. The summed E-state index contributed by atoms with van der Waals surface area (Å²) in [4.78, 5) is 10.8. The molecule has 0 aliphatic carbocycles. The van der Waals surface area contributed by atoms with E-state index in [9.17, 15) is 5.11 Å². The van der Waals surface area contributed by atoms with E-state index in [1.54, 1.807) is 34.7 Å². The van der Waals surface area contributed by atoms with Gasteiger partial charge < -0.3 is 10.4 Å². The molecule has 126 valence electrons. The van der Waals surface area contributed by atoms with Crippen molar-refractivity contribution in [3.05, 3.63) is 60.7 Å². The van der Waals surface area contributed by atoms with Crippen LogP contribution < -0.4 is 5.32 Å². The molecule has 2 N–H and O–H groups in total. The highest BCUT2D eigenvalue weighted by atomic mass is 32.1. The van der Waals surface area contributed by atoms with Crippen LogP contribution in [0.25, 0.3) is 20.7 Å². The molecule has 1 atom stereocenters. The maximum Gasteiger partial charge on any atom is 0.138 e. The highest BCUT2D eigenvalue weighted by molar-refractivity contribution is 7.21. The van der Waals surface area contributed by atoms with Gasteiger partial charge >= 0.3 is 0 Å². The number of nitrogens with zero attached hydrogens (tertiary/aromatic N) is 4. The summed E-state index contributed by atoms with van der Waals surface area (Å²) in [6.07, 6.45) is 4.37. The number of nitrogens with one attached hydrogen (secondary N) is 1. The smallest absolute Gasteiger partial charge is 0.138 e. The molecule has 0 aliphatic heterocycles. The maximum atomic E-state index is 10.3. The molecule has 7 heteroatoms. The highest BCUT2D eigenvalue weighted by Crippen LogP contribution is 2.34. The van der Waals surface area contributed by atoms with Gasteiger partial charge in [-0.15, -0.1) is 11.3 Å². The van der Waals surface area contributed by atoms with Crippen molar-refractivity contribution in [2.24, 2.45) is 7.05 Å². The van der Waals surface area contributed by atoms with Crippen LogP contribution in [0.4, 0.5) is 5.82 Å². The van der Waals surface area contributed by atoms with E-state index in [0.29, 0.717) is 6.54 Å². The fourth-order valence-corrected chi connectivity index (χ4v) is 3.67. The van der Waals surface area contributed by atoms with Gasteiger partial charge in [-0.05, 0) is 11.6 Å². The first kappa shape index (κ1) is 15.7. The largest absolute Gasteiger partial charge is 0.386 e. The molecule has 4 aromatic rings. The molecule has 0 bridgehead atoms. The Morgan fingerprint density at radius 1 is 1.24 bits per heavy atom. The van der Waals surface area contributed by atoms with Gasteiger partial charge in [0, 0.05) is 30.2 Å². The number of anilines is 1. The van der Waals surface area contributed by atoms with Gasteiger partial charge in [0.05, 0.1) is 17.7 Å². The van der Waals surface area contributed by atoms with Crippen molar-refractivity contribution in [3.8, 4) is 10.4 Å². The second-order valence-corrected chi connectivity index (χ2v) is 6.79. The summed E-state index contributed by atoms with van der Waals surface area (Å²) in [6.45, 7) is 0.355. The van der Waals surface area contributed by atoms with Crippen molar-refractivity contribution in [3.63, 3.8) is 0 Å². The van der Waals surface area contributed by atoms with Crippen LogP contribution in [0.3, 0.4) is 0 Å². The van der Waals surface area contributed by atoms with Crippen molar-refractivity contribution in [1.29, 1.82) is 0 Å². The molecule has 25 heavy (non-hydrogen) atoms. The molecule has 3 heterocycles. The molecule has 0 fully saturated rings. The molecule has 0 saturated heterocycles. The summed E-state index contributed by atoms with van der Waals surface area (Å²) < 4.78 is 1.67. The second-order valence-electron chi connectivity index (χ2n) is 5.76. The van der Waals surface area contributed by atoms with E-state index >= 15 is 0 Å². The average Bonchev–Trinajstić information content (AvgIpc) is 3.27. The van der Waals surface area contributed by atoms with E-state index in [2.05, 4.69) is 38.6 Å². The van der Waals surface area contributed by atoms with Crippen molar-refractivity contribution in [2.75, 3.05) is 11.9 Å². The number of benzene rings is 1. The summed E-state index contributed by atoms with van der Waals surface area (Å²) in [5, 5.41) is 18.6. The van der Waals surface area contributed by atoms with Gasteiger partial charge in [0.25, 0.3) is 0 Å². The number of aromatic nitrogens is 4. The molecular formula is C18H17N5OS. The van der Waals surface area contributed by atoms with Gasteiger partial charge in [-0.25, -0.2) is 9.97 Å². The number of hydrogen-bond donors (Lipinski definition) is 2. The summed E-state index contributed by atoms with van der Waals surface area (Å²) >= 11 is 1.63. The number of thiophene rings is 1. The third-order valence-electron chi connectivity index (χ3n) is 3.96. The standard InChI is InChI=1S/C18H17N5OS/c1-23-10-13(8-22-23)15(24)9-19-17-14-7-16(12-5-3-2-4-6-12)25-18(14)21-11-20-17/h2-8,10-11,15,24H,9H2,1H3,(H,19,20,21). The van der Waals surface area contributed by atoms with Crippen molar-refractivity contribution in [1.82, 2.24) is 19.7 Å². The van der Waals surface area contributed by atoms with Gasteiger partial charge in [0.2, 0.25) is 0 Å². The van der Waals surface area contributed by atoms with E-state index in [4.69, 9.17) is 0 Å². The number of aliphatic hydroxyl groups is 1. The summed E-state index contributed by atoms with van der Waals surface area (Å²) in [6, 6.07) is 12.3. The van der Waals surface area contributed by atoms with E-state index in [1.807, 2.05) is 25.2 Å². The minimum atomic E-state index is -0.647. The van der Waals surface area contributed by atoms with Gasteiger partial charge in [0.15, 0.2) is 0 Å². The number of aryl methyl sites for hydroxylation is 1. The molecule has 0 radical (unpaired) electrons. The van der Waals surface area contributed by atoms with Crippen LogP contribution in [0.5, 0.6) is 0 Å². The van der Waals surface area contributed by atoms with Gasteiger partial charge in [0.1, 0.15) is 17.0 Å². The minimum absolute atomic E-state index is 0.355. The number of fused-ring (bicyclic) bond motifs is 1. The Balaban J connectivity index is 1.58. The van der Waals surface area contributed by atoms with Crippen LogP contribution in [-0.4, -0.2) is 31.4 Å². The van der Waals surface area contributed by atoms with Crippen LogP contribution in [0, 0.1) is 0 Å². The van der Waals surface area contributed by atoms with E-state index < -0.39 is 6.10 Å². The van der Waals surface area contributed by atoms with Crippen molar-refractivity contribution >= 4 is 27.4 Å². The Morgan fingerprint density at radius 2 is 2.08 bits per heavy atom. The topological polar surface area (TPSA) is 75.9 Å². The maximum absolute atomic E-state index is 10.3. The lowest BCUT2D eigenvalue weighted by Crippen LogP contribution is -2.12. The van der Waals surface area contributed by atoms with Gasteiger partial charge in [-0.1, -0.05) is 30.3 Å². The van der Waals surface area contributed by atoms with Crippen LogP contribution >= 0.6 is 11.3 Å². The summed E-state index contributed by atoms with van der Waals surface area (Å²) in [5.41, 5.74) is 1.93. The molecule has 6 nitrogen and oxygen atoms in total. The van der Waals surface area contributed by atoms with Crippen LogP contribution in [0.1, 0.15) is 11.7 Å². The normalized spacial score (nSPS) is 12.4. The average molecular weight is 351 g/mol. The number of hydrogen-bond acceptors (Lipinski definition) is 6. The van der Waals surface area contributed by atoms with Crippen LogP contribution in [-0.2, 0) is 7.05 Å². The van der Waals surface area contributed by atoms with Crippen LogP contribution in [0.15, 0.2) is 55.1 Å². The first-order chi connectivity index (χ1) is 12.2. The fourth-order valence-electron chi connectivity index (χ4n) is 2.66. The molecule has 0 amide bonds. The van der Waals surface area contributed by atoms with Gasteiger partial charge in [-0.3, -0.25) is 4.68 Å². The SMILES string of the molecule is Cn1cc(C(O)CNc2ncnc3sc(-c4ccccc4)cc23)cn1. The van der Waals surface area contributed by atoms with E-state index in [0.717, 1.165) is 32.0 Å². The molecule has 0 aliphatic rings. The number of aliphatic hydroxyl groups excluding tert-OH is 1. The first-order valence-electron chi connectivity index (χ1n) is 7.91. The molecule has 1 aromatic carbocycles. The van der Waals surface area contributed by atoms with Crippen molar-refractivity contribution < 1.29 is 5.11 Å². The molecular weight excluding hydrogens is 334 g/mol. The summed E-state index contributed by atoms with van der Waals surface area (Å²) in [7, 11) is 1.83. The lowest BCUT2D eigenvalue weighted by Gasteiger charge is -2.10. The third kappa shape index (κ3) is 3.24. The third-order valence-corrected chi connectivity index (χ3v) is 5.05.